The number of amides is 2. The summed E-state index contributed by atoms with van der Waals surface area (Å²) in [7, 11) is 1.47. The first kappa shape index (κ1) is 42.0. The van der Waals surface area contributed by atoms with Crippen LogP contribution in [0.4, 0.5) is 14.0 Å². The first-order chi connectivity index (χ1) is 26.7. The highest BCUT2D eigenvalue weighted by Crippen LogP contribution is 2.62. The lowest BCUT2D eigenvalue weighted by molar-refractivity contribution is -0.256. The number of hydrogen-bond donors (Lipinski definition) is 3. The van der Waals surface area contributed by atoms with Crippen LogP contribution in [0.3, 0.4) is 0 Å². The second-order valence-electron chi connectivity index (χ2n) is 13.9. The van der Waals surface area contributed by atoms with E-state index in [2.05, 4.69) is 23.1 Å². The number of nitrogens with zero attached hydrogens (tertiary/aromatic N) is 2. The Morgan fingerprint density at radius 3 is 2.55 bits per heavy atom. The van der Waals surface area contributed by atoms with E-state index in [1.165, 1.54) is 24.1 Å². The van der Waals surface area contributed by atoms with Crippen LogP contribution < -0.4 is 14.8 Å². The van der Waals surface area contributed by atoms with Crippen LogP contribution in [0.1, 0.15) is 68.9 Å². The molecule has 14 heteroatoms. The number of carbonyl (C=O) groups is 2. The van der Waals surface area contributed by atoms with Gasteiger partial charge < -0.3 is 39.3 Å². The van der Waals surface area contributed by atoms with Crippen molar-refractivity contribution in [3.63, 3.8) is 0 Å². The van der Waals surface area contributed by atoms with Crippen LogP contribution in [0.25, 0.3) is 0 Å². The second kappa shape index (κ2) is 20.1. The Labute approximate surface area is 327 Å². The zero-order valence-electron chi connectivity index (χ0n) is 31.6. The molecule has 0 unspecified atom stereocenters. The molecule has 0 radical (unpaired) electrons. The maximum absolute atomic E-state index is 14.2. The first-order valence-electron chi connectivity index (χ1n) is 19.1. The van der Waals surface area contributed by atoms with Crippen molar-refractivity contribution < 1.29 is 48.0 Å². The van der Waals surface area contributed by atoms with Crippen molar-refractivity contribution in [1.29, 1.82) is 0 Å². The van der Waals surface area contributed by atoms with E-state index in [-0.39, 0.29) is 63.0 Å². The number of carbonyl (C=O) groups excluding carboxylic acids is 2. The average Bonchev–Trinajstić information content (AvgIpc) is 3.18. The Kier molecular flexibility index (Phi) is 15.4. The summed E-state index contributed by atoms with van der Waals surface area (Å²) in [6, 6.07) is 10.3. The SMILES string of the molecule is C=CCO[C@@]12Oc3ccc(OC(=O)NCC)cc3[C@H]3[C@H](CCCCO)[C@@H](CCCCO)C=C(C(=NOC)C[C@@H]1N(Cc1ccc(F)cc1)C(=O)OCCCl)[C@H]32. The van der Waals surface area contributed by atoms with Gasteiger partial charge in [0.2, 0.25) is 5.79 Å². The molecule has 300 valence electrons. The minimum absolute atomic E-state index is 0.0140. The van der Waals surface area contributed by atoms with Crippen LogP contribution >= 0.6 is 11.6 Å². The summed E-state index contributed by atoms with van der Waals surface area (Å²) < 4.78 is 39.5. The van der Waals surface area contributed by atoms with Crippen molar-refractivity contribution >= 4 is 29.5 Å². The topological polar surface area (TPSA) is 148 Å². The number of ether oxygens (including phenoxy) is 4. The maximum atomic E-state index is 14.2. The minimum atomic E-state index is -1.54. The molecule has 6 atom stereocenters. The maximum Gasteiger partial charge on any atom is 0.412 e. The van der Waals surface area contributed by atoms with Crippen molar-refractivity contribution in [2.45, 2.75) is 76.2 Å². The number of benzene rings is 2. The van der Waals surface area contributed by atoms with Gasteiger partial charge in [0.25, 0.3) is 0 Å². The van der Waals surface area contributed by atoms with Gasteiger partial charge in [0.1, 0.15) is 37.1 Å². The zero-order chi connectivity index (χ0) is 39.4. The summed E-state index contributed by atoms with van der Waals surface area (Å²) in [5.41, 5.74) is 2.88. The third-order valence-electron chi connectivity index (χ3n) is 10.6. The molecule has 1 fully saturated rings. The number of alkyl halides is 1. The molecule has 55 heavy (non-hydrogen) atoms. The van der Waals surface area contributed by atoms with E-state index in [9.17, 15) is 24.2 Å². The van der Waals surface area contributed by atoms with Gasteiger partial charge in [0, 0.05) is 44.2 Å². The van der Waals surface area contributed by atoms with Crippen molar-refractivity contribution in [3.05, 3.63) is 83.7 Å². The van der Waals surface area contributed by atoms with Crippen LogP contribution in [0, 0.1) is 23.6 Å². The Bertz CT molecular complexity index is 1670. The highest BCUT2D eigenvalue weighted by molar-refractivity contribution is 6.18. The van der Waals surface area contributed by atoms with Crippen LogP contribution in [0.15, 0.2) is 71.9 Å². The molecule has 1 saturated carbocycles. The molecule has 2 aromatic carbocycles. The molecule has 3 aliphatic rings. The van der Waals surface area contributed by atoms with Gasteiger partial charge in [-0.25, -0.2) is 14.0 Å². The van der Waals surface area contributed by atoms with Gasteiger partial charge >= 0.3 is 12.2 Å². The third kappa shape index (κ3) is 9.62. The summed E-state index contributed by atoms with van der Waals surface area (Å²) in [4.78, 5) is 33.8. The monoisotopic (exact) mass is 785 g/mol. The van der Waals surface area contributed by atoms with Crippen molar-refractivity contribution in [2.75, 3.05) is 46.0 Å². The number of allylic oxidation sites excluding steroid dienone is 1. The molecule has 0 bridgehead atoms. The number of oxime groups is 1. The molecule has 1 heterocycles. The number of aliphatic hydroxyl groups is 2. The Morgan fingerprint density at radius 1 is 1.13 bits per heavy atom. The van der Waals surface area contributed by atoms with Gasteiger partial charge in [-0.15, -0.1) is 18.2 Å². The predicted molar refractivity (Wildman–Crippen MR) is 206 cm³/mol. The van der Waals surface area contributed by atoms with Gasteiger partial charge in [-0.2, -0.15) is 0 Å². The molecular formula is C41H53ClFN3O9. The van der Waals surface area contributed by atoms with E-state index in [4.69, 9.17) is 35.4 Å². The minimum Gasteiger partial charge on any atom is -0.459 e. The lowest BCUT2D eigenvalue weighted by Gasteiger charge is -2.59. The molecule has 1 aliphatic heterocycles. The highest BCUT2D eigenvalue weighted by atomic mass is 35.5. The van der Waals surface area contributed by atoms with Crippen LogP contribution in [-0.4, -0.2) is 90.8 Å². The van der Waals surface area contributed by atoms with Crippen molar-refractivity contribution in [2.24, 2.45) is 22.9 Å². The molecule has 0 saturated heterocycles. The number of fused-ring (bicyclic) bond motifs is 2. The number of unbranched alkanes of at least 4 members (excludes halogenated alkanes) is 2. The number of nitrogens with one attached hydrogen (secondary N) is 1. The Morgan fingerprint density at radius 2 is 1.87 bits per heavy atom. The average molecular weight is 786 g/mol. The lowest BCUT2D eigenvalue weighted by Crippen LogP contribution is -2.70. The molecule has 2 aromatic rings. The molecular weight excluding hydrogens is 733 g/mol. The van der Waals surface area contributed by atoms with E-state index >= 15 is 0 Å². The van der Waals surface area contributed by atoms with E-state index in [1.807, 2.05) is 6.07 Å². The third-order valence-corrected chi connectivity index (χ3v) is 10.7. The Hall–Kier alpha value is -4.17. The van der Waals surface area contributed by atoms with E-state index < -0.39 is 35.8 Å². The number of hydrogen-bond acceptors (Lipinski definition) is 10. The Balaban J connectivity index is 1.78. The molecule has 12 nitrogen and oxygen atoms in total. The first-order valence-corrected chi connectivity index (χ1v) is 19.6. The predicted octanol–water partition coefficient (Wildman–Crippen LogP) is 7.08. The van der Waals surface area contributed by atoms with Crippen molar-refractivity contribution in [1.82, 2.24) is 10.2 Å². The number of halogens is 2. The van der Waals surface area contributed by atoms with Crippen LogP contribution in [0.5, 0.6) is 11.5 Å². The van der Waals surface area contributed by atoms with Gasteiger partial charge in [-0.05, 0) is 85.9 Å². The lowest BCUT2D eigenvalue weighted by atomic mass is 9.55. The smallest absolute Gasteiger partial charge is 0.412 e. The molecule has 0 spiro atoms. The quantitative estimate of drug-likeness (QED) is 0.0589. The van der Waals surface area contributed by atoms with Crippen LogP contribution in [0.2, 0.25) is 0 Å². The standard InChI is InChI=1S/C41H53ClFN3O9/c1-4-21-53-41-36(46(40(50)52-22-18-42)26-27-12-14-29(43)15-13-27)25-34(45-51-3)32-23-28(10-6-8-19-47)31(11-7-9-20-48)37(38(32)41)33-24-30(16-17-35(33)55-41)54-39(49)44-5-2/h4,12-17,23-24,28,31,36-38,47-48H,1,5-11,18-22,25-26H2,2-3H3,(H,44,49)/t28-,31+,36-,37+,38+,41+/m0/s1. The fourth-order valence-corrected chi connectivity index (χ4v) is 8.48. The highest BCUT2D eigenvalue weighted by Gasteiger charge is 2.65. The molecule has 2 aliphatic carbocycles. The van der Waals surface area contributed by atoms with E-state index in [0.29, 0.717) is 42.2 Å². The van der Waals surface area contributed by atoms with Gasteiger partial charge in [0.15, 0.2) is 0 Å². The summed E-state index contributed by atoms with van der Waals surface area (Å²) in [6.07, 6.45) is 6.98. The van der Waals surface area contributed by atoms with Gasteiger partial charge in [-0.1, -0.05) is 42.3 Å². The fourth-order valence-electron chi connectivity index (χ4n) is 8.41. The number of rotatable bonds is 19. The molecule has 0 aromatic heterocycles. The summed E-state index contributed by atoms with van der Waals surface area (Å²) in [6.45, 7) is 6.28. The second-order valence-corrected chi connectivity index (χ2v) is 14.3. The largest absolute Gasteiger partial charge is 0.459 e. The van der Waals surface area contributed by atoms with E-state index in [0.717, 1.165) is 36.8 Å². The van der Waals surface area contributed by atoms with Gasteiger partial charge in [0.05, 0.1) is 24.1 Å². The molecule has 5 rings (SSSR count). The molecule has 3 N–H and O–H groups in total. The fraction of sp³-hybridized carbons (Fsp3) is 0.537. The van der Waals surface area contributed by atoms with E-state index in [1.54, 1.807) is 37.3 Å². The zero-order valence-corrected chi connectivity index (χ0v) is 32.3. The summed E-state index contributed by atoms with van der Waals surface area (Å²) in [5, 5.41) is 26.8. The molecule has 2 amide bonds. The number of aliphatic hydroxyl groups excluding tert-OH is 2. The normalized spacial score (nSPS) is 24.4. The summed E-state index contributed by atoms with van der Waals surface area (Å²) >= 11 is 5.99. The van der Waals surface area contributed by atoms with Crippen LogP contribution in [-0.2, 0) is 20.9 Å². The van der Waals surface area contributed by atoms with Crippen molar-refractivity contribution in [3.8, 4) is 11.5 Å². The summed E-state index contributed by atoms with van der Waals surface area (Å²) in [5.74, 6) is -2.01. The van der Waals surface area contributed by atoms with Gasteiger partial charge in [-0.3, -0.25) is 4.90 Å².